The molecule has 3 aliphatic carbocycles. The van der Waals surface area contributed by atoms with Crippen LogP contribution in [0.1, 0.15) is 130 Å². The van der Waals surface area contributed by atoms with E-state index in [1.807, 2.05) is 32.9 Å². The number of fused-ring (bicyclic) bond motifs is 4. The van der Waals surface area contributed by atoms with Gasteiger partial charge >= 0.3 is 0 Å². The molecule has 10 rings (SSSR count). The van der Waals surface area contributed by atoms with Crippen molar-refractivity contribution in [2.45, 2.75) is 138 Å². The number of nitriles is 1. The highest BCUT2D eigenvalue weighted by Crippen LogP contribution is 2.54. The van der Waals surface area contributed by atoms with E-state index in [4.69, 9.17) is 23.2 Å². The first-order valence-electron chi connectivity index (χ1n) is 22.9. The summed E-state index contributed by atoms with van der Waals surface area (Å²) in [6, 6.07) is 14.2. The second-order valence-electron chi connectivity index (χ2n) is 20.4. The molecule has 0 spiro atoms. The maximum Gasteiger partial charge on any atom is 0.255 e. The van der Waals surface area contributed by atoms with Gasteiger partial charge in [-0.3, -0.25) is 29.4 Å². The Balaban J connectivity index is 0.887. The maximum absolute atomic E-state index is 16.3. The summed E-state index contributed by atoms with van der Waals surface area (Å²) in [7, 11) is 0. The standard InChI is InChI=1S/C51H54Cl2F2N6O4/c1-48(2,3)27-40-51(29-56,36-13-12-32(52)26-38(36)54)42(34-8-5-9-37(53)43(34)55)44(57-40)46(64)59-49-18-21-50(22-19-49,23-20-49)60-24-16-30(17-25-60)10-11-31-6-4-7-33-35(31)28-61(47(33)65)39-14-15-41(62)58-45(39)63/h4-9,12-13,26,30,39-40,42,44,57H,14-25,27-28H2,1-3H3,(H,59,64)(H,58,62,63)/t39?,40-,42-,44+,49?,50?,51-/m0/s1. The fourth-order valence-corrected chi connectivity index (χ4v) is 12.4. The Bertz CT molecular complexity index is 2550. The molecule has 4 heterocycles. The number of benzene rings is 3. The van der Waals surface area contributed by atoms with Crippen molar-refractivity contribution in [1.82, 2.24) is 25.8 Å². The van der Waals surface area contributed by atoms with E-state index in [9.17, 15) is 24.4 Å². The molecule has 4 aliphatic heterocycles. The van der Waals surface area contributed by atoms with Gasteiger partial charge in [-0.15, -0.1) is 0 Å². The van der Waals surface area contributed by atoms with Crippen LogP contribution in [0.15, 0.2) is 54.6 Å². The molecule has 0 aromatic heterocycles. The second-order valence-corrected chi connectivity index (χ2v) is 21.3. The summed E-state index contributed by atoms with van der Waals surface area (Å²) in [5.74, 6) is 3.22. The van der Waals surface area contributed by atoms with E-state index < -0.39 is 52.5 Å². The Hall–Kier alpha value is -4.85. The van der Waals surface area contributed by atoms with Crippen molar-refractivity contribution in [1.29, 1.82) is 5.26 Å². The van der Waals surface area contributed by atoms with E-state index in [0.29, 0.717) is 18.4 Å². The number of amides is 4. The van der Waals surface area contributed by atoms with Crippen molar-refractivity contribution in [2.75, 3.05) is 13.1 Å². The van der Waals surface area contributed by atoms with Gasteiger partial charge in [0.15, 0.2) is 0 Å². The molecule has 7 aliphatic rings. The first-order chi connectivity index (χ1) is 31.0. The van der Waals surface area contributed by atoms with Crippen LogP contribution in [0.5, 0.6) is 0 Å². The molecule has 4 amide bonds. The molecule has 14 heteroatoms. The number of halogens is 4. The minimum Gasteiger partial charge on any atom is -0.349 e. The number of carbonyl (C=O) groups is 4. The molecule has 5 atom stereocenters. The number of carbonyl (C=O) groups excluding carboxylic acids is 4. The lowest BCUT2D eigenvalue weighted by molar-refractivity contribution is -0.137. The van der Waals surface area contributed by atoms with Crippen molar-refractivity contribution in [3.8, 4) is 17.9 Å². The molecule has 65 heavy (non-hydrogen) atoms. The largest absolute Gasteiger partial charge is 0.349 e. The van der Waals surface area contributed by atoms with E-state index in [0.717, 1.165) is 81.6 Å². The zero-order valence-electron chi connectivity index (χ0n) is 37.0. The Morgan fingerprint density at radius 1 is 0.954 bits per heavy atom. The Kier molecular flexibility index (Phi) is 11.9. The van der Waals surface area contributed by atoms with Crippen LogP contribution in [0.25, 0.3) is 0 Å². The summed E-state index contributed by atoms with van der Waals surface area (Å²) in [6.45, 7) is 8.14. The van der Waals surface area contributed by atoms with Crippen LogP contribution in [0.4, 0.5) is 8.78 Å². The third kappa shape index (κ3) is 8.13. The average Bonchev–Trinajstić information content (AvgIpc) is 3.78. The summed E-state index contributed by atoms with van der Waals surface area (Å²) in [6.07, 6.45) is 7.77. The quantitative estimate of drug-likeness (QED) is 0.161. The van der Waals surface area contributed by atoms with Crippen LogP contribution in [-0.4, -0.2) is 75.7 Å². The van der Waals surface area contributed by atoms with E-state index in [-0.39, 0.29) is 68.7 Å². The molecule has 3 saturated heterocycles. The summed E-state index contributed by atoms with van der Waals surface area (Å²) in [5.41, 5.74) is -0.205. The Labute approximate surface area is 389 Å². The fraction of sp³-hybridized carbons (Fsp3) is 0.510. The number of likely N-dealkylation sites (tertiary alicyclic amines) is 1. The van der Waals surface area contributed by atoms with E-state index >= 15 is 8.78 Å². The molecule has 3 aromatic rings. The highest BCUT2D eigenvalue weighted by molar-refractivity contribution is 6.31. The van der Waals surface area contributed by atoms with Crippen LogP contribution in [0.2, 0.25) is 10.0 Å². The number of piperidine rings is 2. The zero-order valence-corrected chi connectivity index (χ0v) is 38.5. The predicted molar refractivity (Wildman–Crippen MR) is 243 cm³/mol. The number of nitrogens with one attached hydrogen (secondary N) is 3. The molecular formula is C51H54Cl2F2N6O4. The fourth-order valence-electron chi connectivity index (χ4n) is 12.1. The van der Waals surface area contributed by atoms with Crippen molar-refractivity contribution in [3.63, 3.8) is 0 Å². The van der Waals surface area contributed by atoms with Crippen LogP contribution in [-0.2, 0) is 26.3 Å². The normalized spacial score (nSPS) is 30.4. The Morgan fingerprint density at radius 3 is 2.32 bits per heavy atom. The number of hydrogen-bond donors (Lipinski definition) is 3. The van der Waals surface area contributed by atoms with Crippen molar-refractivity contribution in [3.05, 3.63) is 104 Å². The van der Waals surface area contributed by atoms with Crippen LogP contribution < -0.4 is 16.0 Å². The van der Waals surface area contributed by atoms with Gasteiger partial charge in [0.2, 0.25) is 17.7 Å². The molecule has 10 nitrogen and oxygen atoms in total. The monoisotopic (exact) mass is 922 g/mol. The zero-order chi connectivity index (χ0) is 46.1. The van der Waals surface area contributed by atoms with Gasteiger partial charge in [-0.2, -0.15) is 5.26 Å². The molecule has 3 saturated carbocycles. The smallest absolute Gasteiger partial charge is 0.255 e. The van der Waals surface area contributed by atoms with E-state index in [1.165, 1.54) is 18.2 Å². The van der Waals surface area contributed by atoms with Crippen molar-refractivity contribution in [2.24, 2.45) is 11.3 Å². The van der Waals surface area contributed by atoms with Crippen molar-refractivity contribution < 1.29 is 28.0 Å². The lowest BCUT2D eigenvalue weighted by Crippen LogP contribution is -2.66. The predicted octanol–water partition coefficient (Wildman–Crippen LogP) is 8.08. The van der Waals surface area contributed by atoms with E-state index in [2.05, 4.69) is 38.8 Å². The highest BCUT2D eigenvalue weighted by atomic mass is 35.5. The summed E-state index contributed by atoms with van der Waals surface area (Å²) in [5, 5.41) is 20.6. The van der Waals surface area contributed by atoms with Gasteiger partial charge in [0, 0.05) is 63.6 Å². The molecule has 1 unspecified atom stereocenters. The topological polar surface area (TPSA) is 135 Å². The van der Waals surface area contributed by atoms with Crippen LogP contribution >= 0.6 is 23.2 Å². The van der Waals surface area contributed by atoms with Gasteiger partial charge < -0.3 is 15.5 Å². The minimum absolute atomic E-state index is 0.0168. The first kappa shape index (κ1) is 45.3. The number of nitrogens with zero attached hydrogens (tertiary/aromatic N) is 3. The van der Waals surface area contributed by atoms with Gasteiger partial charge in [-0.1, -0.05) is 80.1 Å². The maximum atomic E-state index is 16.3. The second kappa shape index (κ2) is 17.1. The van der Waals surface area contributed by atoms with Gasteiger partial charge in [-0.05, 0) is 124 Å². The SMILES string of the molecule is CC(C)(C)C[C@@H]1N[C@@H](C(=O)NC23CCC(N4CCC(C#Cc5cccc6c5CN(C5CCC(=O)NC5=O)C6=O)CC4)(CC2)CC3)[C@H](c2cccc(Cl)c2F)[C@@]1(C#N)c1ccc(Cl)cc1F. The summed E-state index contributed by atoms with van der Waals surface area (Å²) < 4.78 is 32.4. The lowest BCUT2D eigenvalue weighted by atomic mass is 9.60. The third-order valence-electron chi connectivity index (χ3n) is 15.5. The highest BCUT2D eigenvalue weighted by Gasteiger charge is 2.62. The molecule has 340 valence electrons. The lowest BCUT2D eigenvalue weighted by Gasteiger charge is -2.59. The first-order valence-corrected chi connectivity index (χ1v) is 23.6. The number of imide groups is 1. The molecule has 6 fully saturated rings. The molecule has 0 radical (unpaired) electrons. The Morgan fingerprint density at radius 2 is 1.66 bits per heavy atom. The minimum atomic E-state index is -1.70. The van der Waals surface area contributed by atoms with Crippen molar-refractivity contribution >= 4 is 46.8 Å². The van der Waals surface area contributed by atoms with E-state index in [1.54, 1.807) is 23.1 Å². The number of hydrogen-bond acceptors (Lipinski definition) is 7. The van der Waals surface area contributed by atoms with Gasteiger partial charge in [0.1, 0.15) is 23.1 Å². The van der Waals surface area contributed by atoms with Gasteiger partial charge in [0.25, 0.3) is 5.91 Å². The molecule has 2 bridgehead atoms. The summed E-state index contributed by atoms with van der Waals surface area (Å²) in [4.78, 5) is 56.8. The van der Waals surface area contributed by atoms with Crippen LogP contribution in [0.3, 0.4) is 0 Å². The average molecular weight is 924 g/mol. The third-order valence-corrected chi connectivity index (χ3v) is 16.0. The molecular weight excluding hydrogens is 870 g/mol. The van der Waals surface area contributed by atoms with Crippen LogP contribution in [0, 0.1) is 46.1 Å². The van der Waals surface area contributed by atoms with Gasteiger partial charge in [0.05, 0.1) is 17.1 Å². The molecule has 3 N–H and O–H groups in total. The number of rotatable bonds is 7. The van der Waals surface area contributed by atoms with Gasteiger partial charge in [-0.25, -0.2) is 8.78 Å². The summed E-state index contributed by atoms with van der Waals surface area (Å²) >= 11 is 12.6. The molecule has 3 aromatic carbocycles.